The first-order valence-electron chi connectivity index (χ1n) is 7.87. The molecule has 1 heterocycles. The number of rotatable bonds is 4. The van der Waals surface area contributed by atoms with Gasteiger partial charge in [0, 0.05) is 18.5 Å². The van der Waals surface area contributed by atoms with E-state index in [9.17, 15) is 10.0 Å². The summed E-state index contributed by atoms with van der Waals surface area (Å²) in [6, 6.07) is -0.391. The van der Waals surface area contributed by atoms with Crippen LogP contribution in [0.25, 0.3) is 0 Å². The minimum absolute atomic E-state index is 0.0457. The Bertz CT molecular complexity index is 335. The van der Waals surface area contributed by atoms with Gasteiger partial charge >= 0.3 is 0 Å². The topological polar surface area (TPSA) is 66.8 Å². The van der Waals surface area contributed by atoms with E-state index >= 15 is 0 Å². The van der Waals surface area contributed by atoms with Gasteiger partial charge in [0.25, 0.3) is 0 Å². The van der Waals surface area contributed by atoms with E-state index in [2.05, 4.69) is 18.7 Å². The number of likely N-dealkylation sites (tertiary alicyclic amines) is 1. The predicted molar refractivity (Wildman–Crippen MR) is 77.1 cm³/mol. The number of carbonyl (C=O) groups excluding carboxylic acids is 1. The van der Waals surface area contributed by atoms with Crippen LogP contribution in [0.1, 0.15) is 46.0 Å². The first-order chi connectivity index (χ1) is 9.47. The molecule has 1 aliphatic heterocycles. The molecule has 1 saturated heterocycles. The summed E-state index contributed by atoms with van der Waals surface area (Å²) in [5.74, 6) is 1.58. The molecule has 4 unspecified atom stereocenters. The summed E-state index contributed by atoms with van der Waals surface area (Å²) in [6.45, 7) is 7.04. The predicted octanol–water partition coefficient (Wildman–Crippen LogP) is 2.28. The van der Waals surface area contributed by atoms with Crippen LogP contribution in [0.5, 0.6) is 0 Å². The van der Waals surface area contributed by atoms with Crippen molar-refractivity contribution in [2.45, 2.75) is 52.0 Å². The summed E-state index contributed by atoms with van der Waals surface area (Å²) >= 11 is 0. The van der Waals surface area contributed by atoms with Crippen molar-refractivity contribution in [3.63, 3.8) is 0 Å². The third-order valence-electron chi connectivity index (χ3n) is 5.21. The summed E-state index contributed by atoms with van der Waals surface area (Å²) in [7, 11) is 0. The molecule has 0 aromatic carbocycles. The van der Waals surface area contributed by atoms with Gasteiger partial charge in [-0.05, 0) is 44.1 Å². The second-order valence-corrected chi connectivity index (χ2v) is 6.76. The van der Waals surface area contributed by atoms with Gasteiger partial charge < -0.3 is 10.4 Å². The Morgan fingerprint density at radius 3 is 2.70 bits per heavy atom. The molecule has 116 valence electrons. The molecular formula is C15H27N2O3-. The Kier molecular flexibility index (Phi) is 5.55. The zero-order valence-corrected chi connectivity index (χ0v) is 12.6. The van der Waals surface area contributed by atoms with Gasteiger partial charge in [-0.1, -0.05) is 20.3 Å². The van der Waals surface area contributed by atoms with Crippen molar-refractivity contribution in [2.75, 3.05) is 19.6 Å². The van der Waals surface area contributed by atoms with Gasteiger partial charge in [-0.3, -0.25) is 14.9 Å². The van der Waals surface area contributed by atoms with Crippen LogP contribution in [0.15, 0.2) is 0 Å². The van der Waals surface area contributed by atoms with Crippen LogP contribution in [0.3, 0.4) is 0 Å². The molecule has 2 aliphatic rings. The molecule has 1 aliphatic carbocycles. The summed E-state index contributed by atoms with van der Waals surface area (Å²) in [5.41, 5.74) is 0. The lowest BCUT2D eigenvalue weighted by Gasteiger charge is -2.38. The normalized spacial score (nSPS) is 36.2. The lowest BCUT2D eigenvalue weighted by atomic mass is 9.82. The van der Waals surface area contributed by atoms with Crippen molar-refractivity contribution in [1.29, 1.82) is 0 Å². The molecule has 0 amide bonds. The number of hydroxylamine groups is 2. The van der Waals surface area contributed by atoms with E-state index in [1.54, 1.807) is 0 Å². The average Bonchev–Trinajstić information content (AvgIpc) is 2.43. The fourth-order valence-corrected chi connectivity index (χ4v) is 3.50. The molecule has 0 bridgehead atoms. The molecule has 0 radical (unpaired) electrons. The Hall–Kier alpha value is -0.490. The molecule has 2 rings (SSSR count). The third-order valence-corrected chi connectivity index (χ3v) is 5.21. The maximum Gasteiger partial charge on any atom is 0.149 e. The Balaban J connectivity index is 1.82. The number of piperidine rings is 1. The second kappa shape index (κ2) is 6.98. The number of hydrogen-bond donors (Lipinski definition) is 1. The number of nitrogens with zero attached hydrogens (tertiary/aromatic N) is 2. The smallest absolute Gasteiger partial charge is 0.149 e. The molecule has 5 nitrogen and oxygen atoms in total. The summed E-state index contributed by atoms with van der Waals surface area (Å²) in [4.78, 5) is 14.6. The van der Waals surface area contributed by atoms with Crippen molar-refractivity contribution < 1.29 is 10.0 Å². The van der Waals surface area contributed by atoms with Crippen molar-refractivity contribution in [3.05, 3.63) is 5.21 Å². The van der Waals surface area contributed by atoms with Crippen molar-refractivity contribution in [2.24, 2.45) is 17.8 Å². The molecule has 0 aromatic heterocycles. The SMILES string of the molecule is CC1CCN(CC(=O)C2CCCC(N([O-])O)C2)CC1C. The highest BCUT2D eigenvalue weighted by atomic mass is 16.8. The Morgan fingerprint density at radius 1 is 1.30 bits per heavy atom. The quantitative estimate of drug-likeness (QED) is 0.802. The van der Waals surface area contributed by atoms with Crippen LogP contribution >= 0.6 is 0 Å². The molecular weight excluding hydrogens is 256 g/mol. The van der Waals surface area contributed by atoms with Gasteiger partial charge in [-0.15, -0.1) is 0 Å². The lowest BCUT2D eigenvalue weighted by Crippen LogP contribution is -2.44. The maximum atomic E-state index is 12.4. The zero-order chi connectivity index (χ0) is 14.7. The molecule has 0 spiro atoms. The monoisotopic (exact) mass is 283 g/mol. The molecule has 20 heavy (non-hydrogen) atoms. The molecule has 4 atom stereocenters. The third kappa shape index (κ3) is 4.01. The van der Waals surface area contributed by atoms with Gasteiger partial charge in [0.05, 0.1) is 6.54 Å². The summed E-state index contributed by atoms with van der Waals surface area (Å²) in [5, 5.41) is 20.1. The van der Waals surface area contributed by atoms with Crippen LogP contribution in [0.4, 0.5) is 0 Å². The second-order valence-electron chi connectivity index (χ2n) is 6.76. The molecule has 0 aromatic rings. The first kappa shape index (κ1) is 15.9. The molecule has 2 fully saturated rings. The van der Waals surface area contributed by atoms with E-state index in [4.69, 9.17) is 5.21 Å². The van der Waals surface area contributed by atoms with Crippen LogP contribution < -0.4 is 0 Å². The minimum Gasteiger partial charge on any atom is -0.762 e. The zero-order valence-electron chi connectivity index (χ0n) is 12.6. The van der Waals surface area contributed by atoms with Gasteiger partial charge in [0.2, 0.25) is 0 Å². The van der Waals surface area contributed by atoms with Crippen LogP contribution in [-0.4, -0.2) is 46.8 Å². The summed E-state index contributed by atoms with van der Waals surface area (Å²) < 4.78 is 0. The average molecular weight is 283 g/mol. The molecule has 1 N–H and O–H groups in total. The van der Waals surface area contributed by atoms with E-state index in [0.29, 0.717) is 25.3 Å². The highest BCUT2D eigenvalue weighted by molar-refractivity contribution is 5.83. The fraction of sp³-hybridized carbons (Fsp3) is 0.933. The fourth-order valence-electron chi connectivity index (χ4n) is 3.50. The lowest BCUT2D eigenvalue weighted by molar-refractivity contribution is -0.130. The van der Waals surface area contributed by atoms with E-state index in [1.165, 1.54) is 0 Å². The van der Waals surface area contributed by atoms with Crippen LogP contribution in [-0.2, 0) is 4.79 Å². The highest BCUT2D eigenvalue weighted by Crippen LogP contribution is 2.28. The molecule has 1 saturated carbocycles. The number of carbonyl (C=O) groups is 1. The van der Waals surface area contributed by atoms with Crippen molar-refractivity contribution in [3.8, 4) is 0 Å². The number of ketones is 1. The van der Waals surface area contributed by atoms with Gasteiger partial charge in [-0.2, -0.15) is 0 Å². The first-order valence-corrected chi connectivity index (χ1v) is 7.87. The maximum absolute atomic E-state index is 12.4. The Morgan fingerprint density at radius 2 is 2.05 bits per heavy atom. The van der Waals surface area contributed by atoms with Gasteiger partial charge in [0.1, 0.15) is 5.78 Å². The van der Waals surface area contributed by atoms with Crippen LogP contribution in [0.2, 0.25) is 0 Å². The van der Waals surface area contributed by atoms with Gasteiger partial charge in [0.15, 0.2) is 0 Å². The highest BCUT2D eigenvalue weighted by Gasteiger charge is 2.30. The minimum atomic E-state index is -0.391. The number of Topliss-reactive ketones (excluding diaryl/α,β-unsaturated/α-hetero) is 1. The van der Waals surface area contributed by atoms with E-state index in [0.717, 1.165) is 38.3 Å². The Labute approximate surface area is 121 Å². The van der Waals surface area contributed by atoms with Crippen LogP contribution in [0, 0.1) is 23.0 Å². The van der Waals surface area contributed by atoms with Crippen molar-refractivity contribution in [1.82, 2.24) is 10.1 Å². The van der Waals surface area contributed by atoms with E-state index in [1.807, 2.05) is 0 Å². The van der Waals surface area contributed by atoms with E-state index < -0.39 is 6.04 Å². The molecule has 5 heteroatoms. The van der Waals surface area contributed by atoms with E-state index in [-0.39, 0.29) is 16.9 Å². The number of hydrogen-bond acceptors (Lipinski definition) is 5. The standard InChI is InChI=1S/C15H27N2O3/c1-11-6-7-16(9-12(11)2)10-15(18)13-4-3-5-14(8-13)17(19)20/h11-14,19H,3-10H2,1-2H3/q-1. The summed E-state index contributed by atoms with van der Waals surface area (Å²) in [6.07, 6.45) is 4.09. The van der Waals surface area contributed by atoms with Crippen molar-refractivity contribution >= 4 is 5.78 Å². The largest absolute Gasteiger partial charge is 0.762 e. The van der Waals surface area contributed by atoms with Gasteiger partial charge in [-0.25, -0.2) is 0 Å².